The second-order valence-electron chi connectivity index (χ2n) is 3.94. The molecule has 1 unspecified atom stereocenters. The Morgan fingerprint density at radius 3 is 3.00 bits per heavy atom. The van der Waals surface area contributed by atoms with Gasteiger partial charge in [0.15, 0.2) is 0 Å². The quantitative estimate of drug-likeness (QED) is 0.746. The summed E-state index contributed by atoms with van der Waals surface area (Å²) in [6.45, 7) is 1.96. The minimum absolute atomic E-state index is 0.464. The number of aliphatic hydroxyl groups excluding tert-OH is 1. The fourth-order valence-electron chi connectivity index (χ4n) is 1.99. The van der Waals surface area contributed by atoms with Crippen molar-refractivity contribution in [3.63, 3.8) is 0 Å². The number of aliphatic hydroxyl groups is 1. The number of rotatable bonds is 3. The number of hydrogen-bond acceptors (Lipinski definition) is 2. The maximum absolute atomic E-state index is 9.92. The molecule has 2 rings (SSSR count). The van der Waals surface area contributed by atoms with Gasteiger partial charge >= 0.3 is 0 Å². The van der Waals surface area contributed by atoms with Crippen LogP contribution in [0.5, 0.6) is 0 Å². The Morgan fingerprint density at radius 1 is 1.57 bits per heavy atom. The van der Waals surface area contributed by atoms with Crippen molar-refractivity contribution in [2.75, 3.05) is 0 Å². The van der Waals surface area contributed by atoms with E-state index in [1.54, 1.807) is 6.26 Å². The standard InChI is InChI=1S/C12H16O2/c1-9-6-7-14-12(9)11(13)8-10-4-2-3-5-10/h4,6-7,11,13H,2-3,5,8H2,1H3. The lowest BCUT2D eigenvalue weighted by atomic mass is 10.0. The smallest absolute Gasteiger partial charge is 0.135 e. The van der Waals surface area contributed by atoms with Crippen molar-refractivity contribution in [2.45, 2.75) is 38.7 Å². The molecule has 1 aliphatic rings. The molecule has 1 atom stereocenters. The van der Waals surface area contributed by atoms with Crippen molar-refractivity contribution in [1.29, 1.82) is 0 Å². The highest BCUT2D eigenvalue weighted by Crippen LogP contribution is 2.29. The van der Waals surface area contributed by atoms with Gasteiger partial charge in [0.05, 0.1) is 6.26 Å². The molecule has 0 amide bonds. The molecule has 1 aromatic heterocycles. The third kappa shape index (κ3) is 1.90. The van der Waals surface area contributed by atoms with Gasteiger partial charge < -0.3 is 9.52 Å². The molecule has 0 saturated heterocycles. The van der Waals surface area contributed by atoms with E-state index < -0.39 is 6.10 Å². The molecule has 0 bridgehead atoms. The van der Waals surface area contributed by atoms with Crippen LogP contribution in [0.1, 0.15) is 43.1 Å². The van der Waals surface area contributed by atoms with E-state index in [4.69, 9.17) is 4.42 Å². The van der Waals surface area contributed by atoms with E-state index in [-0.39, 0.29) is 0 Å². The first-order valence-electron chi connectivity index (χ1n) is 5.17. The maximum Gasteiger partial charge on any atom is 0.135 e. The largest absolute Gasteiger partial charge is 0.466 e. The summed E-state index contributed by atoms with van der Waals surface area (Å²) in [6.07, 6.45) is 7.68. The first-order chi connectivity index (χ1) is 6.77. The van der Waals surface area contributed by atoms with Crippen LogP contribution in [-0.2, 0) is 0 Å². The monoisotopic (exact) mass is 192 g/mol. The second-order valence-corrected chi connectivity index (χ2v) is 3.94. The summed E-state index contributed by atoms with van der Waals surface area (Å²) in [5.74, 6) is 0.720. The number of furan rings is 1. The van der Waals surface area contributed by atoms with Crippen LogP contribution in [0.2, 0.25) is 0 Å². The number of aryl methyl sites for hydroxylation is 1. The van der Waals surface area contributed by atoms with Crippen molar-refractivity contribution in [2.24, 2.45) is 0 Å². The van der Waals surface area contributed by atoms with Gasteiger partial charge in [-0.05, 0) is 37.8 Å². The Bertz CT molecular complexity index is 336. The highest BCUT2D eigenvalue weighted by atomic mass is 16.4. The third-order valence-electron chi connectivity index (χ3n) is 2.79. The zero-order valence-corrected chi connectivity index (χ0v) is 8.49. The summed E-state index contributed by atoms with van der Waals surface area (Å²) in [5, 5.41) is 9.92. The van der Waals surface area contributed by atoms with Crippen LogP contribution < -0.4 is 0 Å². The van der Waals surface area contributed by atoms with Gasteiger partial charge in [-0.3, -0.25) is 0 Å². The molecule has 76 valence electrons. The summed E-state index contributed by atoms with van der Waals surface area (Å²) in [7, 11) is 0. The fourth-order valence-corrected chi connectivity index (χ4v) is 1.99. The molecule has 0 aromatic carbocycles. The highest BCUT2D eigenvalue weighted by Gasteiger charge is 2.16. The van der Waals surface area contributed by atoms with E-state index in [2.05, 4.69) is 6.08 Å². The molecular formula is C12H16O2. The van der Waals surface area contributed by atoms with E-state index >= 15 is 0 Å². The molecule has 2 nitrogen and oxygen atoms in total. The third-order valence-corrected chi connectivity index (χ3v) is 2.79. The van der Waals surface area contributed by atoms with E-state index in [1.165, 1.54) is 18.4 Å². The number of hydrogen-bond donors (Lipinski definition) is 1. The molecule has 2 heteroatoms. The minimum Gasteiger partial charge on any atom is -0.466 e. The van der Waals surface area contributed by atoms with Crippen molar-refractivity contribution in [3.8, 4) is 0 Å². The summed E-state index contributed by atoms with van der Waals surface area (Å²) < 4.78 is 5.26. The van der Waals surface area contributed by atoms with Crippen LogP contribution in [0.25, 0.3) is 0 Å². The average molecular weight is 192 g/mol. The maximum atomic E-state index is 9.92. The topological polar surface area (TPSA) is 33.4 Å². The molecule has 1 N–H and O–H groups in total. The van der Waals surface area contributed by atoms with Crippen molar-refractivity contribution in [3.05, 3.63) is 35.3 Å². The van der Waals surface area contributed by atoms with Crippen LogP contribution in [0.3, 0.4) is 0 Å². The average Bonchev–Trinajstić information content (AvgIpc) is 2.75. The van der Waals surface area contributed by atoms with Crippen LogP contribution in [-0.4, -0.2) is 5.11 Å². The molecule has 0 aliphatic heterocycles. The van der Waals surface area contributed by atoms with Gasteiger partial charge in [-0.1, -0.05) is 11.6 Å². The molecule has 0 spiro atoms. The second kappa shape index (κ2) is 4.01. The minimum atomic E-state index is -0.464. The fraction of sp³-hybridized carbons (Fsp3) is 0.500. The Balaban J connectivity index is 2.02. The SMILES string of the molecule is Cc1ccoc1C(O)CC1=CCCC1. The Hall–Kier alpha value is -1.02. The molecule has 0 radical (unpaired) electrons. The molecule has 1 aliphatic carbocycles. The van der Waals surface area contributed by atoms with Crippen LogP contribution in [0.15, 0.2) is 28.4 Å². The zero-order chi connectivity index (χ0) is 9.97. The Labute approximate surface area is 84.2 Å². The van der Waals surface area contributed by atoms with E-state index in [1.807, 2.05) is 13.0 Å². The lowest BCUT2D eigenvalue weighted by molar-refractivity contribution is 0.148. The first kappa shape index (κ1) is 9.53. The first-order valence-corrected chi connectivity index (χ1v) is 5.17. The van der Waals surface area contributed by atoms with E-state index in [0.29, 0.717) is 0 Å². The molecule has 0 fully saturated rings. The van der Waals surface area contributed by atoms with Crippen LogP contribution >= 0.6 is 0 Å². The predicted molar refractivity (Wildman–Crippen MR) is 55.0 cm³/mol. The van der Waals surface area contributed by atoms with E-state index in [9.17, 15) is 5.11 Å². The van der Waals surface area contributed by atoms with Gasteiger partial charge in [0.2, 0.25) is 0 Å². The lowest BCUT2D eigenvalue weighted by Crippen LogP contribution is -1.98. The molecule has 1 heterocycles. The van der Waals surface area contributed by atoms with E-state index in [0.717, 1.165) is 24.2 Å². The normalized spacial score (nSPS) is 18.3. The summed E-state index contributed by atoms with van der Waals surface area (Å²) >= 11 is 0. The van der Waals surface area contributed by atoms with Gasteiger partial charge in [-0.25, -0.2) is 0 Å². The van der Waals surface area contributed by atoms with Crippen LogP contribution in [0, 0.1) is 6.92 Å². The molecule has 14 heavy (non-hydrogen) atoms. The summed E-state index contributed by atoms with van der Waals surface area (Å²) in [6, 6.07) is 1.89. The molecular weight excluding hydrogens is 176 g/mol. The Kier molecular flexibility index (Phi) is 2.73. The molecule has 1 aromatic rings. The van der Waals surface area contributed by atoms with Gasteiger partial charge in [0, 0.05) is 6.42 Å². The zero-order valence-electron chi connectivity index (χ0n) is 8.49. The van der Waals surface area contributed by atoms with Gasteiger partial charge in [-0.2, -0.15) is 0 Å². The van der Waals surface area contributed by atoms with Gasteiger partial charge in [0.25, 0.3) is 0 Å². The van der Waals surface area contributed by atoms with Crippen molar-refractivity contribution >= 4 is 0 Å². The summed E-state index contributed by atoms with van der Waals surface area (Å²) in [4.78, 5) is 0. The summed E-state index contributed by atoms with van der Waals surface area (Å²) in [5.41, 5.74) is 2.41. The van der Waals surface area contributed by atoms with Crippen LogP contribution in [0.4, 0.5) is 0 Å². The highest BCUT2D eigenvalue weighted by molar-refractivity contribution is 5.19. The number of allylic oxidation sites excluding steroid dienone is 1. The van der Waals surface area contributed by atoms with Gasteiger partial charge in [-0.15, -0.1) is 0 Å². The Morgan fingerprint density at radius 2 is 2.43 bits per heavy atom. The lowest BCUT2D eigenvalue weighted by Gasteiger charge is -2.09. The molecule has 0 saturated carbocycles. The van der Waals surface area contributed by atoms with Crippen molar-refractivity contribution in [1.82, 2.24) is 0 Å². The van der Waals surface area contributed by atoms with Crippen molar-refractivity contribution < 1.29 is 9.52 Å². The predicted octanol–water partition coefficient (Wildman–Crippen LogP) is 3.12. The van der Waals surface area contributed by atoms with Gasteiger partial charge in [0.1, 0.15) is 11.9 Å².